The van der Waals surface area contributed by atoms with Gasteiger partial charge in [0.05, 0.1) is 5.69 Å². The molecule has 0 spiro atoms. The molecule has 3 N–H and O–H groups in total. The Bertz CT molecular complexity index is 652. The summed E-state index contributed by atoms with van der Waals surface area (Å²) in [4.78, 5) is 13.1. The van der Waals surface area contributed by atoms with Gasteiger partial charge in [0.25, 0.3) is 5.91 Å². The number of carbonyl (C=O) groups excluding carboxylic acids is 1. The monoisotopic (exact) mass is 354 g/mol. The smallest absolute Gasteiger partial charge is 0.266 e. The van der Waals surface area contributed by atoms with Gasteiger partial charge < -0.3 is 11.1 Å². The van der Waals surface area contributed by atoms with Crippen LogP contribution in [0, 0.1) is 6.92 Å². The third-order valence-electron chi connectivity index (χ3n) is 2.59. The predicted octanol–water partition coefficient (Wildman–Crippen LogP) is 3.71. The van der Waals surface area contributed by atoms with Gasteiger partial charge in [-0.15, -0.1) is 11.3 Å². The van der Waals surface area contributed by atoms with Crippen LogP contribution in [-0.2, 0) is 0 Å². The van der Waals surface area contributed by atoms with E-state index >= 15 is 0 Å². The number of benzene rings is 1. The number of anilines is 1. The van der Waals surface area contributed by atoms with Gasteiger partial charge in [0.2, 0.25) is 0 Å². The van der Waals surface area contributed by atoms with E-state index in [1.807, 2.05) is 30.5 Å². The lowest BCUT2D eigenvalue weighted by molar-refractivity contribution is 0.103. The Kier molecular flexibility index (Phi) is 4.34. The average Bonchev–Trinajstić information content (AvgIpc) is 2.75. The minimum absolute atomic E-state index is 0.176. The highest BCUT2D eigenvalue weighted by molar-refractivity contribution is 9.10. The zero-order valence-electron chi connectivity index (χ0n) is 10.1. The van der Waals surface area contributed by atoms with Crippen molar-refractivity contribution >= 4 is 56.1 Å². The summed E-state index contributed by atoms with van der Waals surface area (Å²) in [6, 6.07) is 7.40. The number of hydrogen-bond donors (Lipinski definition) is 2. The number of aryl methyl sites for hydroxylation is 1. The quantitative estimate of drug-likeness (QED) is 0.826. The lowest BCUT2D eigenvalue weighted by atomic mass is 10.1. The van der Waals surface area contributed by atoms with E-state index in [0.717, 1.165) is 10.0 Å². The Labute approximate surface area is 129 Å². The van der Waals surface area contributed by atoms with E-state index in [9.17, 15) is 4.79 Å². The van der Waals surface area contributed by atoms with Gasteiger partial charge in [-0.1, -0.05) is 24.4 Å². The van der Waals surface area contributed by atoms with Crippen LogP contribution in [-0.4, -0.2) is 10.9 Å². The summed E-state index contributed by atoms with van der Waals surface area (Å²) in [7, 11) is 0. The van der Waals surface area contributed by atoms with Gasteiger partial charge in [-0.25, -0.2) is 0 Å². The van der Waals surface area contributed by atoms with Gasteiger partial charge in [-0.05, 0) is 45.9 Å². The van der Waals surface area contributed by atoms with Crippen LogP contribution in [0.1, 0.15) is 20.8 Å². The van der Waals surface area contributed by atoms with E-state index in [4.69, 9.17) is 18.0 Å². The van der Waals surface area contributed by atoms with Crippen LogP contribution in [0.4, 0.5) is 5.69 Å². The molecule has 0 atom stereocenters. The minimum Gasteiger partial charge on any atom is -0.389 e. The fraction of sp³-hybridized carbons (Fsp3) is 0.0769. The second-order valence-corrected chi connectivity index (χ2v) is 6.12. The van der Waals surface area contributed by atoms with Crippen molar-refractivity contribution in [3.05, 3.63) is 50.1 Å². The molecule has 19 heavy (non-hydrogen) atoms. The van der Waals surface area contributed by atoms with Crippen molar-refractivity contribution in [2.24, 2.45) is 5.73 Å². The van der Waals surface area contributed by atoms with Crippen LogP contribution >= 0.6 is 39.5 Å². The van der Waals surface area contributed by atoms with Gasteiger partial charge in [0.15, 0.2) is 0 Å². The normalized spacial score (nSPS) is 10.2. The molecule has 1 amide bonds. The van der Waals surface area contributed by atoms with Crippen molar-refractivity contribution in [2.45, 2.75) is 6.92 Å². The molecule has 2 aromatic rings. The van der Waals surface area contributed by atoms with Crippen molar-refractivity contribution in [1.29, 1.82) is 0 Å². The van der Waals surface area contributed by atoms with Crippen LogP contribution in [0.5, 0.6) is 0 Å². The molecule has 0 aliphatic carbocycles. The number of halogens is 1. The molecule has 1 aromatic heterocycles. The summed E-state index contributed by atoms with van der Waals surface area (Å²) in [6.07, 6.45) is 0. The molecule has 0 fully saturated rings. The molecule has 0 unspecified atom stereocenters. The fourth-order valence-electron chi connectivity index (χ4n) is 1.73. The summed E-state index contributed by atoms with van der Waals surface area (Å²) in [5.41, 5.74) is 8.00. The number of thiocarbonyl (C=S) groups is 1. The minimum atomic E-state index is -0.176. The first kappa shape index (κ1) is 14.2. The second-order valence-electron chi connectivity index (χ2n) is 3.91. The maximum absolute atomic E-state index is 12.2. The molecule has 0 saturated carbocycles. The van der Waals surface area contributed by atoms with Gasteiger partial charge in [-0.3, -0.25) is 4.79 Å². The maximum atomic E-state index is 12.2. The second kappa shape index (κ2) is 5.81. The Morgan fingerprint density at radius 2 is 2.16 bits per heavy atom. The molecule has 2 rings (SSSR count). The van der Waals surface area contributed by atoms with Crippen LogP contribution < -0.4 is 11.1 Å². The highest BCUT2D eigenvalue weighted by atomic mass is 79.9. The van der Waals surface area contributed by atoms with E-state index in [0.29, 0.717) is 16.1 Å². The van der Waals surface area contributed by atoms with Crippen LogP contribution in [0.15, 0.2) is 34.1 Å². The third-order valence-corrected chi connectivity index (χ3v) is 4.63. The van der Waals surface area contributed by atoms with E-state index in [1.165, 1.54) is 11.3 Å². The molecule has 3 nitrogen and oxygen atoms in total. The Balaban J connectivity index is 2.35. The number of nitrogens with two attached hydrogens (primary N) is 1. The maximum Gasteiger partial charge on any atom is 0.266 e. The standard InChI is InChI=1S/C13H11BrN2OS2/c1-7-3-2-4-9(10(7)12(15)18)16-13(17)11-8(14)5-6-19-11/h2-6H,1H3,(H2,15,18)(H,16,17). The Hall–Kier alpha value is -1.24. The SMILES string of the molecule is Cc1cccc(NC(=O)c2sccc2Br)c1C(N)=S. The van der Waals surface area contributed by atoms with Gasteiger partial charge in [-0.2, -0.15) is 0 Å². The predicted molar refractivity (Wildman–Crippen MR) is 87.0 cm³/mol. The Morgan fingerprint density at radius 3 is 2.74 bits per heavy atom. The molecule has 1 heterocycles. The van der Waals surface area contributed by atoms with E-state index in [-0.39, 0.29) is 10.9 Å². The van der Waals surface area contributed by atoms with E-state index in [2.05, 4.69) is 21.2 Å². The summed E-state index contributed by atoms with van der Waals surface area (Å²) in [6.45, 7) is 1.91. The number of rotatable bonds is 3. The zero-order valence-corrected chi connectivity index (χ0v) is 13.3. The van der Waals surface area contributed by atoms with Crippen LogP contribution in [0.2, 0.25) is 0 Å². The average molecular weight is 355 g/mol. The van der Waals surface area contributed by atoms with Crippen molar-refractivity contribution < 1.29 is 4.79 Å². The summed E-state index contributed by atoms with van der Waals surface area (Å²) in [5.74, 6) is -0.176. The number of amides is 1. The molecule has 0 bridgehead atoms. The summed E-state index contributed by atoms with van der Waals surface area (Å²) >= 11 is 9.75. The van der Waals surface area contributed by atoms with E-state index < -0.39 is 0 Å². The van der Waals surface area contributed by atoms with Crippen molar-refractivity contribution in [3.8, 4) is 0 Å². The third kappa shape index (κ3) is 3.02. The number of nitrogens with one attached hydrogen (secondary N) is 1. The molecule has 0 aliphatic rings. The first-order chi connectivity index (χ1) is 9.00. The molecule has 6 heteroatoms. The van der Waals surface area contributed by atoms with Crippen molar-refractivity contribution in [2.75, 3.05) is 5.32 Å². The molecule has 0 aliphatic heterocycles. The molecule has 0 radical (unpaired) electrons. The first-order valence-electron chi connectivity index (χ1n) is 5.44. The Morgan fingerprint density at radius 1 is 1.42 bits per heavy atom. The first-order valence-corrected chi connectivity index (χ1v) is 7.52. The fourth-order valence-corrected chi connectivity index (χ4v) is 3.45. The number of hydrogen-bond acceptors (Lipinski definition) is 3. The lowest BCUT2D eigenvalue weighted by Crippen LogP contribution is -2.18. The van der Waals surface area contributed by atoms with E-state index in [1.54, 1.807) is 6.07 Å². The molecule has 98 valence electrons. The van der Waals surface area contributed by atoms with Gasteiger partial charge >= 0.3 is 0 Å². The molecular weight excluding hydrogens is 344 g/mol. The number of carbonyl (C=O) groups is 1. The van der Waals surface area contributed by atoms with Gasteiger partial charge in [0, 0.05) is 10.0 Å². The van der Waals surface area contributed by atoms with Crippen molar-refractivity contribution in [3.63, 3.8) is 0 Å². The largest absolute Gasteiger partial charge is 0.389 e. The summed E-state index contributed by atoms with van der Waals surface area (Å²) in [5, 5.41) is 4.70. The van der Waals surface area contributed by atoms with Crippen LogP contribution in [0.25, 0.3) is 0 Å². The van der Waals surface area contributed by atoms with Crippen molar-refractivity contribution in [1.82, 2.24) is 0 Å². The lowest BCUT2D eigenvalue weighted by Gasteiger charge is -2.12. The molecule has 1 aromatic carbocycles. The van der Waals surface area contributed by atoms with Crippen LogP contribution in [0.3, 0.4) is 0 Å². The zero-order chi connectivity index (χ0) is 14.0. The highest BCUT2D eigenvalue weighted by Gasteiger charge is 2.15. The topological polar surface area (TPSA) is 55.1 Å². The number of thiophene rings is 1. The molecular formula is C13H11BrN2OS2. The molecule has 0 saturated heterocycles. The van der Waals surface area contributed by atoms with Gasteiger partial charge in [0.1, 0.15) is 9.87 Å². The summed E-state index contributed by atoms with van der Waals surface area (Å²) < 4.78 is 0.777. The highest BCUT2D eigenvalue weighted by Crippen LogP contribution is 2.25.